The third kappa shape index (κ3) is 3.52. The smallest absolute Gasteiger partial charge is 0.391 e. The van der Waals surface area contributed by atoms with Gasteiger partial charge >= 0.3 is 6.09 Å². The van der Waals surface area contributed by atoms with Crippen LogP contribution < -0.4 is 15.4 Å². The van der Waals surface area contributed by atoms with Gasteiger partial charge in [0.15, 0.2) is 0 Å². The predicted octanol–water partition coefficient (Wildman–Crippen LogP) is 0.462. The number of rotatable bonds is 2. The second kappa shape index (κ2) is 7.08. The Morgan fingerprint density at radius 1 is 1.43 bits per heavy atom. The number of amides is 1. The molecule has 0 radical (unpaired) electrons. The second-order valence-electron chi connectivity index (χ2n) is 5.43. The molecule has 1 fully saturated rings. The number of nitrogens with one attached hydrogen (secondary N) is 2. The zero-order valence-electron chi connectivity index (χ0n) is 12.5. The molecular weight excluding hydrogens is 320 g/mol. The lowest BCUT2D eigenvalue weighted by atomic mass is 10.1. The molecule has 0 spiro atoms. The normalized spacial score (nSPS) is 20.5. The van der Waals surface area contributed by atoms with E-state index in [1.165, 1.54) is 0 Å². The summed E-state index contributed by atoms with van der Waals surface area (Å²) in [7, 11) is 0. The Bertz CT molecular complexity index is 647. The van der Waals surface area contributed by atoms with E-state index in [0.29, 0.717) is 32.6 Å². The highest BCUT2D eigenvalue weighted by Gasteiger charge is 2.29. The Morgan fingerprint density at radius 2 is 2.30 bits per heavy atom. The fourth-order valence-electron chi connectivity index (χ4n) is 2.81. The molecule has 2 N–H and O–H groups in total. The monoisotopic (exact) mass is 336 g/mol. The van der Waals surface area contributed by atoms with Gasteiger partial charge in [-0.05, 0) is 24.6 Å². The Balaban J connectivity index is 1.80. The van der Waals surface area contributed by atoms with Crippen molar-refractivity contribution in [2.45, 2.75) is 25.4 Å². The van der Waals surface area contributed by atoms with Crippen molar-refractivity contribution in [3.63, 3.8) is 0 Å². The van der Waals surface area contributed by atoms with Crippen molar-refractivity contribution < 1.29 is 9.53 Å². The molecule has 1 aromatic rings. The molecule has 0 aromatic carbocycles. The molecule has 0 bridgehead atoms. The van der Waals surface area contributed by atoms with Gasteiger partial charge in [-0.25, -0.2) is 9.78 Å². The summed E-state index contributed by atoms with van der Waals surface area (Å²) in [5.74, 6) is 0.223. The molecule has 2 aliphatic rings. The van der Waals surface area contributed by atoms with E-state index in [0.717, 1.165) is 17.8 Å². The molecule has 3 rings (SSSR count). The van der Waals surface area contributed by atoms with Gasteiger partial charge in [0.1, 0.15) is 0 Å². The summed E-state index contributed by atoms with van der Waals surface area (Å²) in [5, 5.41) is 15.3. The van der Waals surface area contributed by atoms with Crippen molar-refractivity contribution in [1.29, 1.82) is 5.26 Å². The molecule has 1 aromatic heterocycles. The van der Waals surface area contributed by atoms with E-state index < -0.39 is 6.09 Å². The lowest BCUT2D eigenvalue weighted by Crippen LogP contribution is -2.54. The summed E-state index contributed by atoms with van der Waals surface area (Å²) in [6.45, 7) is 3.09. The summed E-state index contributed by atoms with van der Waals surface area (Å²) >= 11 is 5.92. The van der Waals surface area contributed by atoms with Crippen molar-refractivity contribution in [3.05, 3.63) is 16.5 Å². The first kappa shape index (κ1) is 15.9. The lowest BCUT2D eigenvalue weighted by molar-refractivity contribution is 0.118. The average Bonchev–Trinajstić information content (AvgIpc) is 2.55. The van der Waals surface area contributed by atoms with E-state index in [9.17, 15) is 4.79 Å². The van der Waals surface area contributed by atoms with Crippen LogP contribution in [0.15, 0.2) is 0 Å². The molecule has 23 heavy (non-hydrogen) atoms. The molecule has 9 heteroatoms. The molecule has 1 unspecified atom stereocenters. The minimum absolute atomic E-state index is 0.0594. The van der Waals surface area contributed by atoms with E-state index in [2.05, 4.69) is 26.7 Å². The molecule has 0 aliphatic carbocycles. The number of hydrogen-bond acceptors (Lipinski definition) is 7. The average molecular weight is 337 g/mol. The number of aromatic nitrogens is 2. The first-order chi connectivity index (χ1) is 11.2. The van der Waals surface area contributed by atoms with Crippen LogP contribution in [0.5, 0.6) is 5.88 Å². The highest BCUT2D eigenvalue weighted by molar-refractivity contribution is 6.28. The molecule has 1 amide bonds. The van der Waals surface area contributed by atoms with E-state index in [-0.39, 0.29) is 23.6 Å². The number of carbonyl (C=O) groups is 1. The third-order valence-corrected chi connectivity index (χ3v) is 4.14. The summed E-state index contributed by atoms with van der Waals surface area (Å²) < 4.78 is 5.50. The van der Waals surface area contributed by atoms with Crippen LogP contribution in [0.4, 0.5) is 4.79 Å². The van der Waals surface area contributed by atoms with Gasteiger partial charge in [0.05, 0.1) is 24.2 Å². The summed E-state index contributed by atoms with van der Waals surface area (Å²) in [6, 6.07) is 1.90. The number of carbonyl (C=O) groups excluding carboxylic acids is 1. The maximum Gasteiger partial charge on any atom is 0.416 e. The first-order valence-corrected chi connectivity index (χ1v) is 7.89. The van der Waals surface area contributed by atoms with Crippen LogP contribution in [0.25, 0.3) is 0 Å². The number of nitrogens with zero attached hydrogens (tertiary/aromatic N) is 4. The molecular formula is C14H17ClN6O2. The zero-order chi connectivity index (χ0) is 16.2. The standard InChI is InChI=1S/C14H17ClN6O2/c15-13-19-11-8-17-4-2-10(11)12(20-13)23-14(22)21-6-5-18-7-9(21)1-3-16/h9,17-18H,1-2,4-8H2. The largest absolute Gasteiger partial charge is 0.416 e. The second-order valence-corrected chi connectivity index (χ2v) is 5.77. The number of hydrogen-bond donors (Lipinski definition) is 2. The van der Waals surface area contributed by atoms with Gasteiger partial charge in [0, 0.05) is 31.7 Å². The Morgan fingerprint density at radius 3 is 3.13 bits per heavy atom. The fraction of sp³-hybridized carbons (Fsp3) is 0.571. The van der Waals surface area contributed by atoms with Crippen LogP contribution in [0.3, 0.4) is 0 Å². The Labute approximate surface area is 138 Å². The van der Waals surface area contributed by atoms with Gasteiger partial charge in [-0.2, -0.15) is 10.2 Å². The number of halogens is 1. The molecule has 8 nitrogen and oxygen atoms in total. The van der Waals surface area contributed by atoms with Crippen molar-refractivity contribution in [2.24, 2.45) is 0 Å². The Kier molecular flexibility index (Phi) is 4.91. The van der Waals surface area contributed by atoms with E-state index in [4.69, 9.17) is 21.6 Å². The summed E-state index contributed by atoms with van der Waals surface area (Å²) in [4.78, 5) is 22.3. The number of fused-ring (bicyclic) bond motifs is 1. The maximum absolute atomic E-state index is 12.5. The number of piperazine rings is 1. The highest BCUT2D eigenvalue weighted by atomic mass is 35.5. The third-order valence-electron chi connectivity index (χ3n) is 3.97. The predicted molar refractivity (Wildman–Crippen MR) is 82.1 cm³/mol. The van der Waals surface area contributed by atoms with Crippen LogP contribution in [-0.2, 0) is 13.0 Å². The topological polar surface area (TPSA) is 103 Å². The number of nitriles is 1. The molecule has 122 valence electrons. The van der Waals surface area contributed by atoms with Crippen LogP contribution in [0.1, 0.15) is 17.7 Å². The van der Waals surface area contributed by atoms with Gasteiger partial charge in [-0.1, -0.05) is 0 Å². The van der Waals surface area contributed by atoms with Crippen molar-refractivity contribution in [2.75, 3.05) is 26.2 Å². The fourth-order valence-corrected chi connectivity index (χ4v) is 2.99. The van der Waals surface area contributed by atoms with Crippen molar-refractivity contribution >= 4 is 17.7 Å². The van der Waals surface area contributed by atoms with Crippen LogP contribution in [-0.4, -0.2) is 53.2 Å². The maximum atomic E-state index is 12.5. The SMILES string of the molecule is N#CCC1CNCCN1C(=O)Oc1nc(Cl)nc2c1CCNC2. The van der Waals surface area contributed by atoms with Gasteiger partial charge in [0.2, 0.25) is 11.2 Å². The van der Waals surface area contributed by atoms with Gasteiger partial charge in [-0.15, -0.1) is 0 Å². The number of ether oxygens (including phenoxy) is 1. The summed E-state index contributed by atoms with van der Waals surface area (Å²) in [6.07, 6.45) is 0.440. The van der Waals surface area contributed by atoms with Crippen molar-refractivity contribution in [3.8, 4) is 11.9 Å². The van der Waals surface area contributed by atoms with Crippen LogP contribution in [0, 0.1) is 11.3 Å². The van der Waals surface area contributed by atoms with Gasteiger partial charge < -0.3 is 20.3 Å². The van der Waals surface area contributed by atoms with E-state index >= 15 is 0 Å². The van der Waals surface area contributed by atoms with Gasteiger partial charge in [-0.3, -0.25) is 0 Å². The van der Waals surface area contributed by atoms with Gasteiger partial charge in [0.25, 0.3) is 0 Å². The minimum atomic E-state index is -0.498. The molecule has 1 atom stereocenters. The molecule has 1 saturated heterocycles. The van der Waals surface area contributed by atoms with Crippen molar-refractivity contribution in [1.82, 2.24) is 25.5 Å². The van der Waals surface area contributed by atoms with E-state index in [1.54, 1.807) is 4.90 Å². The van der Waals surface area contributed by atoms with E-state index in [1.807, 2.05) is 0 Å². The Hall–Kier alpha value is -1.95. The minimum Gasteiger partial charge on any atom is -0.391 e. The lowest BCUT2D eigenvalue weighted by Gasteiger charge is -2.34. The highest BCUT2D eigenvalue weighted by Crippen LogP contribution is 2.25. The zero-order valence-corrected chi connectivity index (χ0v) is 13.3. The van der Waals surface area contributed by atoms with Crippen LogP contribution >= 0.6 is 11.6 Å². The molecule has 0 saturated carbocycles. The molecule has 2 aliphatic heterocycles. The first-order valence-electron chi connectivity index (χ1n) is 7.51. The molecule has 3 heterocycles. The van der Waals surface area contributed by atoms with Crippen LogP contribution in [0.2, 0.25) is 5.28 Å². The summed E-state index contributed by atoms with van der Waals surface area (Å²) in [5.41, 5.74) is 1.57. The quantitative estimate of drug-likeness (QED) is 0.756.